The molecule has 1 rings (SSSR count). The zero-order chi connectivity index (χ0) is 12.9. The predicted molar refractivity (Wildman–Crippen MR) is 59.2 cm³/mol. The standard InChI is InChI=1S/C9H14N2O5S/c1-10-5-6-11-17(13,14)8-4-3-7(16-8)9(12)15-2/h3-4,10-11H,5-6H2,1-2H3. The van der Waals surface area contributed by atoms with E-state index in [4.69, 9.17) is 4.42 Å². The first kappa shape index (κ1) is 13.7. The van der Waals surface area contributed by atoms with Gasteiger partial charge in [-0.1, -0.05) is 0 Å². The summed E-state index contributed by atoms with van der Waals surface area (Å²) in [6, 6.07) is 2.45. The van der Waals surface area contributed by atoms with E-state index < -0.39 is 16.0 Å². The van der Waals surface area contributed by atoms with E-state index in [2.05, 4.69) is 14.8 Å². The molecule has 0 saturated heterocycles. The number of sulfonamides is 1. The Kier molecular flexibility index (Phi) is 4.67. The van der Waals surface area contributed by atoms with Crippen LogP contribution in [-0.4, -0.2) is 41.6 Å². The van der Waals surface area contributed by atoms with E-state index in [0.29, 0.717) is 6.54 Å². The van der Waals surface area contributed by atoms with E-state index >= 15 is 0 Å². The second-order valence-electron chi connectivity index (χ2n) is 3.11. The summed E-state index contributed by atoms with van der Waals surface area (Å²) in [4.78, 5) is 11.1. The van der Waals surface area contributed by atoms with Crippen LogP contribution in [0.15, 0.2) is 21.6 Å². The molecule has 0 radical (unpaired) electrons. The Bertz CT molecular complexity index is 479. The first-order valence-electron chi connectivity index (χ1n) is 4.83. The number of esters is 1. The molecule has 0 unspecified atom stereocenters. The van der Waals surface area contributed by atoms with Crippen LogP contribution in [-0.2, 0) is 14.8 Å². The first-order valence-corrected chi connectivity index (χ1v) is 6.32. The van der Waals surface area contributed by atoms with Gasteiger partial charge in [-0.15, -0.1) is 0 Å². The zero-order valence-electron chi connectivity index (χ0n) is 9.52. The quantitative estimate of drug-likeness (QED) is 0.533. The van der Waals surface area contributed by atoms with Crippen LogP contribution < -0.4 is 10.0 Å². The Hall–Kier alpha value is -1.38. The number of likely N-dealkylation sites (N-methyl/N-ethyl adjacent to an activating group) is 1. The normalized spacial score (nSPS) is 11.4. The van der Waals surface area contributed by atoms with Crippen LogP contribution >= 0.6 is 0 Å². The Balaban J connectivity index is 2.78. The number of methoxy groups -OCH3 is 1. The molecule has 7 nitrogen and oxygen atoms in total. The number of hydrogen-bond donors (Lipinski definition) is 2. The van der Waals surface area contributed by atoms with Crippen molar-refractivity contribution in [2.45, 2.75) is 5.09 Å². The van der Waals surface area contributed by atoms with E-state index in [1.54, 1.807) is 7.05 Å². The summed E-state index contributed by atoms with van der Waals surface area (Å²) in [6.45, 7) is 0.719. The van der Waals surface area contributed by atoms with Crippen molar-refractivity contribution in [1.29, 1.82) is 0 Å². The summed E-state index contributed by atoms with van der Waals surface area (Å²) in [5.74, 6) is -0.872. The van der Waals surface area contributed by atoms with Gasteiger partial charge in [0.25, 0.3) is 10.0 Å². The Labute approximate surface area is 99.2 Å². The van der Waals surface area contributed by atoms with Crippen molar-refractivity contribution in [3.63, 3.8) is 0 Å². The van der Waals surface area contributed by atoms with Crippen molar-refractivity contribution in [2.75, 3.05) is 27.2 Å². The van der Waals surface area contributed by atoms with Crippen LogP contribution in [0.5, 0.6) is 0 Å². The van der Waals surface area contributed by atoms with Gasteiger partial charge < -0.3 is 14.5 Å². The number of hydrogen-bond acceptors (Lipinski definition) is 6. The molecule has 0 bridgehead atoms. The average molecular weight is 262 g/mol. The molecule has 0 fully saturated rings. The lowest BCUT2D eigenvalue weighted by Gasteiger charge is -2.02. The van der Waals surface area contributed by atoms with Crippen LogP contribution in [0.3, 0.4) is 0 Å². The third kappa shape index (κ3) is 3.55. The zero-order valence-corrected chi connectivity index (χ0v) is 10.3. The molecule has 0 amide bonds. The van der Waals surface area contributed by atoms with Gasteiger partial charge in [-0.3, -0.25) is 0 Å². The fourth-order valence-electron chi connectivity index (χ4n) is 1.06. The number of nitrogens with one attached hydrogen (secondary N) is 2. The molecule has 0 saturated carbocycles. The van der Waals surface area contributed by atoms with E-state index in [-0.39, 0.29) is 17.4 Å². The minimum atomic E-state index is -3.72. The minimum absolute atomic E-state index is 0.151. The minimum Gasteiger partial charge on any atom is -0.463 e. The molecule has 0 aliphatic rings. The molecule has 0 aliphatic heterocycles. The van der Waals surface area contributed by atoms with Gasteiger partial charge in [-0.2, -0.15) is 0 Å². The molecule has 0 aromatic carbocycles. The maximum atomic E-state index is 11.6. The van der Waals surface area contributed by atoms with Gasteiger partial charge >= 0.3 is 5.97 Å². The number of furan rings is 1. The van der Waals surface area contributed by atoms with Crippen LogP contribution in [0.4, 0.5) is 0 Å². The highest BCUT2D eigenvalue weighted by Crippen LogP contribution is 2.14. The predicted octanol–water partition coefficient (Wildman–Crippen LogP) is -0.436. The average Bonchev–Trinajstić information content (AvgIpc) is 2.78. The Morgan fingerprint density at radius 2 is 2.12 bits per heavy atom. The summed E-state index contributed by atoms with van der Waals surface area (Å²) in [5, 5.41) is 2.48. The monoisotopic (exact) mass is 262 g/mol. The number of rotatable bonds is 6. The molecule has 0 spiro atoms. The molecule has 0 aliphatic carbocycles. The molecule has 96 valence electrons. The lowest BCUT2D eigenvalue weighted by molar-refractivity contribution is 0.0559. The van der Waals surface area contributed by atoms with Crippen LogP contribution in [0, 0.1) is 0 Å². The summed E-state index contributed by atoms with van der Waals surface area (Å²) in [7, 11) is -0.828. The van der Waals surface area contributed by atoms with Crippen molar-refractivity contribution >= 4 is 16.0 Å². The van der Waals surface area contributed by atoms with Crippen molar-refractivity contribution in [3.8, 4) is 0 Å². The second-order valence-corrected chi connectivity index (χ2v) is 4.81. The van der Waals surface area contributed by atoms with E-state index in [9.17, 15) is 13.2 Å². The third-order valence-corrected chi connectivity index (χ3v) is 3.23. The summed E-state index contributed by atoms with van der Waals surface area (Å²) < 4.78 is 34.9. The largest absolute Gasteiger partial charge is 0.463 e. The highest BCUT2D eigenvalue weighted by molar-refractivity contribution is 7.89. The molecule has 1 heterocycles. The van der Waals surface area contributed by atoms with Crippen LogP contribution in [0.1, 0.15) is 10.6 Å². The SMILES string of the molecule is CNCCNS(=O)(=O)c1ccc(C(=O)OC)o1. The fourth-order valence-corrected chi connectivity index (χ4v) is 2.02. The Morgan fingerprint density at radius 3 is 2.71 bits per heavy atom. The number of ether oxygens (including phenoxy) is 1. The molecule has 2 N–H and O–H groups in total. The van der Waals surface area contributed by atoms with Gasteiger partial charge in [0.05, 0.1) is 7.11 Å². The smallest absolute Gasteiger partial charge is 0.374 e. The van der Waals surface area contributed by atoms with Crippen molar-refractivity contribution in [2.24, 2.45) is 0 Å². The number of carbonyl (C=O) groups is 1. The summed E-state index contributed by atoms with van der Waals surface area (Å²) in [5.41, 5.74) is 0. The van der Waals surface area contributed by atoms with Crippen molar-refractivity contribution in [1.82, 2.24) is 10.0 Å². The lowest BCUT2D eigenvalue weighted by atomic mass is 10.5. The molecule has 8 heteroatoms. The van der Waals surface area contributed by atoms with Gasteiger partial charge in [0.1, 0.15) is 0 Å². The molecular weight excluding hydrogens is 248 g/mol. The molecule has 0 atom stereocenters. The van der Waals surface area contributed by atoms with Crippen LogP contribution in [0.2, 0.25) is 0 Å². The highest BCUT2D eigenvalue weighted by Gasteiger charge is 2.20. The maximum absolute atomic E-state index is 11.6. The van der Waals surface area contributed by atoms with E-state index in [0.717, 1.165) is 0 Å². The third-order valence-electron chi connectivity index (χ3n) is 1.90. The topological polar surface area (TPSA) is 97.6 Å². The first-order chi connectivity index (χ1) is 8.01. The van der Waals surface area contributed by atoms with Gasteiger partial charge in [-0.05, 0) is 19.2 Å². The number of carbonyl (C=O) groups excluding carboxylic acids is 1. The highest BCUT2D eigenvalue weighted by atomic mass is 32.2. The summed E-state index contributed by atoms with van der Waals surface area (Å²) >= 11 is 0. The maximum Gasteiger partial charge on any atom is 0.374 e. The van der Waals surface area contributed by atoms with Gasteiger partial charge in [0.15, 0.2) is 0 Å². The lowest BCUT2D eigenvalue weighted by Crippen LogP contribution is -2.30. The van der Waals surface area contributed by atoms with Gasteiger partial charge in [0.2, 0.25) is 10.9 Å². The summed E-state index contributed by atoms with van der Waals surface area (Å²) in [6.07, 6.45) is 0. The molecular formula is C9H14N2O5S. The molecule has 1 aromatic heterocycles. The van der Waals surface area contributed by atoms with Crippen molar-refractivity contribution < 1.29 is 22.4 Å². The molecule has 17 heavy (non-hydrogen) atoms. The second kappa shape index (κ2) is 5.80. The van der Waals surface area contributed by atoms with Crippen molar-refractivity contribution in [3.05, 3.63) is 17.9 Å². The van der Waals surface area contributed by atoms with Gasteiger partial charge in [-0.25, -0.2) is 17.9 Å². The Morgan fingerprint density at radius 1 is 1.41 bits per heavy atom. The van der Waals surface area contributed by atoms with Crippen LogP contribution in [0.25, 0.3) is 0 Å². The van der Waals surface area contributed by atoms with Gasteiger partial charge in [0, 0.05) is 13.1 Å². The van der Waals surface area contributed by atoms with E-state index in [1.165, 1.54) is 19.2 Å². The fraction of sp³-hybridized carbons (Fsp3) is 0.444. The van der Waals surface area contributed by atoms with E-state index in [1.807, 2.05) is 0 Å². The molecule has 1 aromatic rings.